The zero-order valence-electron chi connectivity index (χ0n) is 11.1. The maximum absolute atomic E-state index is 12.7. The Labute approximate surface area is 131 Å². The van der Waals surface area contributed by atoms with E-state index in [0.29, 0.717) is 26.9 Å². The number of aromatic nitrogens is 1. The monoisotopic (exact) mass is 319 g/mol. The summed E-state index contributed by atoms with van der Waals surface area (Å²) in [6.07, 6.45) is 1.66. The number of hydrogen-bond acceptors (Lipinski definition) is 2. The molecule has 0 saturated carbocycles. The molecule has 0 amide bonds. The van der Waals surface area contributed by atoms with E-state index in [1.54, 1.807) is 31.5 Å². The minimum Gasteiger partial charge on any atom is -0.496 e. The molecule has 5 heteroatoms. The number of carbonyl (C=O) groups is 1. The summed E-state index contributed by atoms with van der Waals surface area (Å²) in [5, 5.41) is 1.57. The van der Waals surface area contributed by atoms with Crippen molar-refractivity contribution in [1.82, 2.24) is 4.98 Å². The van der Waals surface area contributed by atoms with Gasteiger partial charge >= 0.3 is 0 Å². The number of ketones is 1. The average molecular weight is 320 g/mol. The third-order valence-electron chi connectivity index (χ3n) is 3.31. The molecule has 0 saturated heterocycles. The van der Waals surface area contributed by atoms with E-state index in [0.717, 1.165) is 10.9 Å². The SMILES string of the molecule is COc1cccc2[nH]cc(C(=O)c3cc(Cl)ccc3Cl)c12. The van der Waals surface area contributed by atoms with Gasteiger partial charge in [0.1, 0.15) is 5.75 Å². The normalized spacial score (nSPS) is 10.8. The Bertz CT molecular complexity index is 839. The van der Waals surface area contributed by atoms with Gasteiger partial charge in [-0.25, -0.2) is 0 Å². The molecule has 1 N–H and O–H groups in total. The molecule has 0 bridgehead atoms. The smallest absolute Gasteiger partial charge is 0.196 e. The fourth-order valence-electron chi connectivity index (χ4n) is 2.32. The van der Waals surface area contributed by atoms with Crippen LogP contribution in [0.5, 0.6) is 5.75 Å². The average Bonchev–Trinajstić information content (AvgIpc) is 2.93. The third-order valence-corrected chi connectivity index (χ3v) is 3.87. The van der Waals surface area contributed by atoms with Gasteiger partial charge in [-0.15, -0.1) is 0 Å². The highest BCUT2D eigenvalue weighted by Gasteiger charge is 2.19. The molecule has 0 aliphatic rings. The quantitative estimate of drug-likeness (QED) is 0.710. The van der Waals surface area contributed by atoms with Crippen molar-refractivity contribution in [3.63, 3.8) is 0 Å². The number of benzene rings is 2. The Morgan fingerprint density at radius 1 is 1.14 bits per heavy atom. The summed E-state index contributed by atoms with van der Waals surface area (Å²) in [6.45, 7) is 0. The van der Waals surface area contributed by atoms with E-state index in [2.05, 4.69) is 4.98 Å². The van der Waals surface area contributed by atoms with Crippen LogP contribution in [0.25, 0.3) is 10.9 Å². The largest absolute Gasteiger partial charge is 0.496 e. The van der Waals surface area contributed by atoms with Gasteiger partial charge in [0, 0.05) is 22.3 Å². The van der Waals surface area contributed by atoms with E-state index < -0.39 is 0 Å². The Morgan fingerprint density at radius 2 is 1.95 bits per heavy atom. The number of hydrogen-bond donors (Lipinski definition) is 1. The summed E-state index contributed by atoms with van der Waals surface area (Å²) >= 11 is 12.1. The lowest BCUT2D eigenvalue weighted by molar-refractivity contribution is 0.104. The zero-order chi connectivity index (χ0) is 15.0. The number of H-pyrrole nitrogens is 1. The van der Waals surface area contributed by atoms with Crippen molar-refractivity contribution in [3.8, 4) is 5.75 Å². The number of rotatable bonds is 3. The van der Waals surface area contributed by atoms with Crippen LogP contribution in [0.2, 0.25) is 10.0 Å². The van der Waals surface area contributed by atoms with Gasteiger partial charge in [0.15, 0.2) is 5.78 Å². The fraction of sp³-hybridized carbons (Fsp3) is 0.0625. The van der Waals surface area contributed by atoms with E-state index in [-0.39, 0.29) is 5.78 Å². The predicted molar refractivity (Wildman–Crippen MR) is 84.7 cm³/mol. The molecule has 0 aliphatic heterocycles. The zero-order valence-corrected chi connectivity index (χ0v) is 12.6. The summed E-state index contributed by atoms with van der Waals surface area (Å²) in [5.41, 5.74) is 1.71. The Hall–Kier alpha value is -1.97. The molecule has 21 heavy (non-hydrogen) atoms. The molecular formula is C16H11Cl2NO2. The van der Waals surface area contributed by atoms with Crippen molar-refractivity contribution in [2.75, 3.05) is 7.11 Å². The molecule has 0 spiro atoms. The first-order valence-corrected chi connectivity index (χ1v) is 7.01. The summed E-state index contributed by atoms with van der Waals surface area (Å²) < 4.78 is 5.34. The molecule has 0 aliphatic carbocycles. The lowest BCUT2D eigenvalue weighted by atomic mass is 10.0. The minimum atomic E-state index is -0.196. The first kappa shape index (κ1) is 14.0. The molecule has 0 unspecified atom stereocenters. The van der Waals surface area contributed by atoms with Gasteiger partial charge in [-0.3, -0.25) is 4.79 Å². The van der Waals surface area contributed by atoms with Crippen molar-refractivity contribution in [2.24, 2.45) is 0 Å². The molecule has 3 aromatic rings. The minimum absolute atomic E-state index is 0.196. The molecular weight excluding hydrogens is 309 g/mol. The fourth-order valence-corrected chi connectivity index (χ4v) is 2.69. The molecule has 1 heterocycles. The predicted octanol–water partition coefficient (Wildman–Crippen LogP) is 4.71. The van der Waals surface area contributed by atoms with Gasteiger partial charge in [-0.1, -0.05) is 29.3 Å². The number of carbonyl (C=O) groups excluding carboxylic acids is 1. The van der Waals surface area contributed by atoms with E-state index in [1.165, 1.54) is 0 Å². The third kappa shape index (κ3) is 2.39. The van der Waals surface area contributed by atoms with Crippen LogP contribution in [-0.4, -0.2) is 17.9 Å². The van der Waals surface area contributed by atoms with E-state index in [4.69, 9.17) is 27.9 Å². The Kier molecular flexibility index (Phi) is 3.62. The lowest BCUT2D eigenvalue weighted by Crippen LogP contribution is -2.02. The molecule has 106 valence electrons. The van der Waals surface area contributed by atoms with Crippen molar-refractivity contribution >= 4 is 39.9 Å². The van der Waals surface area contributed by atoms with Crippen LogP contribution in [0.15, 0.2) is 42.6 Å². The van der Waals surface area contributed by atoms with Crippen molar-refractivity contribution in [2.45, 2.75) is 0 Å². The molecule has 0 atom stereocenters. The second-order valence-electron chi connectivity index (χ2n) is 4.54. The highest BCUT2D eigenvalue weighted by Crippen LogP contribution is 2.32. The van der Waals surface area contributed by atoms with Crippen LogP contribution in [0, 0.1) is 0 Å². The van der Waals surface area contributed by atoms with Crippen molar-refractivity contribution < 1.29 is 9.53 Å². The number of ether oxygens (including phenoxy) is 1. The van der Waals surface area contributed by atoms with Gasteiger partial charge in [-0.05, 0) is 30.3 Å². The first-order chi connectivity index (χ1) is 10.1. The highest BCUT2D eigenvalue weighted by atomic mass is 35.5. The van der Waals surface area contributed by atoms with Crippen LogP contribution >= 0.6 is 23.2 Å². The van der Waals surface area contributed by atoms with E-state index >= 15 is 0 Å². The number of aromatic amines is 1. The Morgan fingerprint density at radius 3 is 2.71 bits per heavy atom. The highest BCUT2D eigenvalue weighted by molar-refractivity contribution is 6.37. The topological polar surface area (TPSA) is 42.1 Å². The summed E-state index contributed by atoms with van der Waals surface area (Å²) in [6, 6.07) is 10.4. The van der Waals surface area contributed by atoms with Crippen molar-refractivity contribution in [3.05, 3.63) is 63.8 Å². The number of halogens is 2. The van der Waals surface area contributed by atoms with Crippen LogP contribution in [0.4, 0.5) is 0 Å². The second-order valence-corrected chi connectivity index (χ2v) is 5.38. The summed E-state index contributed by atoms with van der Waals surface area (Å²) in [5.74, 6) is 0.438. The second kappa shape index (κ2) is 5.43. The molecule has 0 fully saturated rings. The molecule has 3 rings (SSSR count). The summed E-state index contributed by atoms with van der Waals surface area (Å²) in [4.78, 5) is 15.8. The maximum Gasteiger partial charge on any atom is 0.196 e. The van der Waals surface area contributed by atoms with Gasteiger partial charge in [-0.2, -0.15) is 0 Å². The van der Waals surface area contributed by atoms with E-state index in [9.17, 15) is 4.79 Å². The van der Waals surface area contributed by atoms with Gasteiger partial charge < -0.3 is 9.72 Å². The molecule has 3 nitrogen and oxygen atoms in total. The number of methoxy groups -OCH3 is 1. The molecule has 0 radical (unpaired) electrons. The first-order valence-electron chi connectivity index (χ1n) is 6.25. The van der Waals surface area contributed by atoms with Crippen LogP contribution < -0.4 is 4.74 Å². The van der Waals surface area contributed by atoms with Gasteiger partial charge in [0.05, 0.1) is 23.1 Å². The lowest BCUT2D eigenvalue weighted by Gasteiger charge is -2.06. The molecule has 1 aromatic heterocycles. The van der Waals surface area contributed by atoms with Gasteiger partial charge in [0.2, 0.25) is 0 Å². The van der Waals surface area contributed by atoms with Crippen LogP contribution in [0.1, 0.15) is 15.9 Å². The van der Waals surface area contributed by atoms with E-state index in [1.807, 2.05) is 18.2 Å². The summed E-state index contributed by atoms with van der Waals surface area (Å²) in [7, 11) is 1.57. The maximum atomic E-state index is 12.7. The molecule has 2 aromatic carbocycles. The van der Waals surface area contributed by atoms with Gasteiger partial charge in [0.25, 0.3) is 0 Å². The van der Waals surface area contributed by atoms with Crippen molar-refractivity contribution in [1.29, 1.82) is 0 Å². The number of nitrogens with one attached hydrogen (secondary N) is 1. The number of fused-ring (bicyclic) bond motifs is 1. The standard InChI is InChI=1S/C16H11Cl2NO2/c1-21-14-4-2-3-13-15(14)11(8-19-13)16(20)10-7-9(17)5-6-12(10)18/h2-8,19H,1H3. The Balaban J connectivity index is 2.20. The van der Waals surface area contributed by atoms with Crippen LogP contribution in [0.3, 0.4) is 0 Å². The van der Waals surface area contributed by atoms with Crippen LogP contribution in [-0.2, 0) is 0 Å².